The lowest BCUT2D eigenvalue weighted by molar-refractivity contribution is 0.0131. The van der Waals surface area contributed by atoms with Crippen molar-refractivity contribution in [1.82, 2.24) is 0 Å². The van der Waals surface area contributed by atoms with Gasteiger partial charge in [0.05, 0.1) is 6.10 Å². The van der Waals surface area contributed by atoms with E-state index in [2.05, 4.69) is 13.8 Å². The second kappa shape index (κ2) is 15.8. The number of hydrogen-bond acceptors (Lipinski definition) is 1. The summed E-state index contributed by atoms with van der Waals surface area (Å²) >= 11 is 0. The lowest BCUT2D eigenvalue weighted by atomic mass is 9.78. The van der Waals surface area contributed by atoms with Gasteiger partial charge >= 0.3 is 0 Å². The molecule has 0 heterocycles. The molecule has 28 heavy (non-hydrogen) atoms. The smallest absolute Gasteiger partial charge is 0.0575 e. The molecule has 2 rings (SSSR count). The minimum atomic E-state index is 0.589. The molecule has 1 heteroatoms. The van der Waals surface area contributed by atoms with Gasteiger partial charge in [-0.25, -0.2) is 0 Å². The highest BCUT2D eigenvalue weighted by molar-refractivity contribution is 4.74. The van der Waals surface area contributed by atoms with E-state index in [0.717, 1.165) is 24.4 Å². The standard InChI is InChI=1S/C27H52O/c1-3-5-7-8-10-13-25-19-21-27(22-20-25)28-23-11-14-26-17-15-24(16-18-26)12-9-6-4-2/h24-27H,3-23H2,1-2H3/t24-,25-,26-,27-. The van der Waals surface area contributed by atoms with Crippen molar-refractivity contribution in [2.75, 3.05) is 6.61 Å². The van der Waals surface area contributed by atoms with Crippen molar-refractivity contribution in [3.8, 4) is 0 Å². The Morgan fingerprint density at radius 1 is 0.500 bits per heavy atom. The summed E-state index contributed by atoms with van der Waals surface area (Å²) in [7, 11) is 0. The Bertz CT molecular complexity index is 336. The van der Waals surface area contributed by atoms with E-state index in [-0.39, 0.29) is 0 Å². The number of ether oxygens (including phenoxy) is 1. The second-order valence-electron chi connectivity index (χ2n) is 10.2. The van der Waals surface area contributed by atoms with Crippen LogP contribution in [-0.2, 0) is 4.74 Å². The van der Waals surface area contributed by atoms with Crippen LogP contribution < -0.4 is 0 Å². The molecule has 2 aliphatic rings. The molecule has 0 saturated heterocycles. The van der Waals surface area contributed by atoms with Gasteiger partial charge in [0, 0.05) is 6.61 Å². The van der Waals surface area contributed by atoms with Gasteiger partial charge in [-0.15, -0.1) is 0 Å². The Kier molecular flexibility index (Phi) is 13.6. The zero-order chi connectivity index (χ0) is 19.9. The maximum absolute atomic E-state index is 6.27. The average Bonchev–Trinajstić information content (AvgIpc) is 2.73. The molecule has 2 aliphatic carbocycles. The van der Waals surface area contributed by atoms with Crippen molar-refractivity contribution < 1.29 is 4.74 Å². The Balaban J connectivity index is 1.41. The van der Waals surface area contributed by atoms with Crippen molar-refractivity contribution in [2.24, 2.45) is 17.8 Å². The first kappa shape index (κ1) is 24.2. The fourth-order valence-corrected chi connectivity index (χ4v) is 5.74. The highest BCUT2D eigenvalue weighted by Gasteiger charge is 2.22. The van der Waals surface area contributed by atoms with E-state index in [1.165, 1.54) is 128 Å². The first-order chi connectivity index (χ1) is 13.8. The molecular weight excluding hydrogens is 340 g/mol. The monoisotopic (exact) mass is 392 g/mol. The zero-order valence-corrected chi connectivity index (χ0v) is 19.6. The van der Waals surface area contributed by atoms with Crippen LogP contribution in [0.5, 0.6) is 0 Å². The predicted molar refractivity (Wildman–Crippen MR) is 124 cm³/mol. The van der Waals surface area contributed by atoms with E-state index in [1.54, 1.807) is 0 Å². The maximum Gasteiger partial charge on any atom is 0.0575 e. The average molecular weight is 393 g/mol. The summed E-state index contributed by atoms with van der Waals surface area (Å²) in [5, 5.41) is 0. The van der Waals surface area contributed by atoms with Crippen molar-refractivity contribution in [1.29, 1.82) is 0 Å². The van der Waals surface area contributed by atoms with Crippen molar-refractivity contribution in [2.45, 2.75) is 148 Å². The van der Waals surface area contributed by atoms with Gasteiger partial charge in [-0.2, -0.15) is 0 Å². The topological polar surface area (TPSA) is 9.23 Å². The van der Waals surface area contributed by atoms with Gasteiger partial charge in [-0.3, -0.25) is 0 Å². The Morgan fingerprint density at radius 2 is 0.929 bits per heavy atom. The normalized spacial score (nSPS) is 28.5. The SMILES string of the molecule is CCCCCCC[C@H]1CC[C@H](OCCC[C@H]2CC[C@H](CCCCC)CC2)CC1. The largest absolute Gasteiger partial charge is 0.378 e. The number of rotatable bonds is 15. The van der Waals surface area contributed by atoms with Gasteiger partial charge in [-0.05, 0) is 56.3 Å². The van der Waals surface area contributed by atoms with Crippen LogP contribution in [0.3, 0.4) is 0 Å². The molecule has 0 atom stereocenters. The van der Waals surface area contributed by atoms with Gasteiger partial charge in [0.1, 0.15) is 0 Å². The number of hydrogen-bond donors (Lipinski definition) is 0. The molecule has 0 radical (unpaired) electrons. The molecule has 2 saturated carbocycles. The Hall–Kier alpha value is -0.0400. The third-order valence-corrected chi connectivity index (χ3v) is 7.80. The maximum atomic E-state index is 6.27. The summed E-state index contributed by atoms with van der Waals surface area (Å²) in [6, 6.07) is 0. The summed E-state index contributed by atoms with van der Waals surface area (Å²) in [6.45, 7) is 5.66. The van der Waals surface area contributed by atoms with E-state index >= 15 is 0 Å². The van der Waals surface area contributed by atoms with E-state index in [4.69, 9.17) is 4.74 Å². The molecular formula is C27H52O. The van der Waals surface area contributed by atoms with E-state index in [0.29, 0.717) is 6.10 Å². The lowest BCUT2D eigenvalue weighted by Crippen LogP contribution is -2.22. The van der Waals surface area contributed by atoms with Crippen molar-refractivity contribution >= 4 is 0 Å². The van der Waals surface area contributed by atoms with E-state index < -0.39 is 0 Å². The lowest BCUT2D eigenvalue weighted by Gasteiger charge is -2.30. The molecule has 1 nitrogen and oxygen atoms in total. The second-order valence-corrected chi connectivity index (χ2v) is 10.2. The quantitative estimate of drug-likeness (QED) is 0.252. The molecule has 0 aliphatic heterocycles. The molecule has 0 amide bonds. The number of unbranched alkanes of at least 4 members (excludes halogenated alkanes) is 6. The third-order valence-electron chi connectivity index (χ3n) is 7.80. The minimum Gasteiger partial charge on any atom is -0.378 e. The molecule has 0 spiro atoms. The fourth-order valence-electron chi connectivity index (χ4n) is 5.74. The van der Waals surface area contributed by atoms with Gasteiger partial charge in [0.2, 0.25) is 0 Å². The van der Waals surface area contributed by atoms with Crippen LogP contribution in [0, 0.1) is 17.8 Å². The molecule has 0 aromatic rings. The molecule has 0 bridgehead atoms. The van der Waals surface area contributed by atoms with Crippen LogP contribution in [-0.4, -0.2) is 12.7 Å². The Labute approximate surface area is 177 Å². The predicted octanol–water partition coefficient (Wildman–Crippen LogP) is 9.09. The molecule has 0 aromatic heterocycles. The van der Waals surface area contributed by atoms with Crippen LogP contribution in [0.2, 0.25) is 0 Å². The highest BCUT2D eigenvalue weighted by Crippen LogP contribution is 2.34. The van der Waals surface area contributed by atoms with Gasteiger partial charge in [-0.1, -0.05) is 104 Å². The van der Waals surface area contributed by atoms with Crippen molar-refractivity contribution in [3.05, 3.63) is 0 Å². The highest BCUT2D eigenvalue weighted by atomic mass is 16.5. The summed E-state index contributed by atoms with van der Waals surface area (Å²) in [5.41, 5.74) is 0. The molecule has 0 aromatic carbocycles. The van der Waals surface area contributed by atoms with Crippen LogP contribution in [0.4, 0.5) is 0 Å². The van der Waals surface area contributed by atoms with Crippen LogP contribution >= 0.6 is 0 Å². The zero-order valence-electron chi connectivity index (χ0n) is 19.6. The first-order valence-corrected chi connectivity index (χ1v) is 13.4. The summed E-state index contributed by atoms with van der Waals surface area (Å²) < 4.78 is 6.27. The van der Waals surface area contributed by atoms with Gasteiger partial charge in [0.15, 0.2) is 0 Å². The van der Waals surface area contributed by atoms with Crippen LogP contribution in [0.15, 0.2) is 0 Å². The van der Waals surface area contributed by atoms with Gasteiger partial charge < -0.3 is 4.74 Å². The molecule has 0 unspecified atom stereocenters. The van der Waals surface area contributed by atoms with Crippen molar-refractivity contribution in [3.63, 3.8) is 0 Å². The molecule has 2 fully saturated rings. The van der Waals surface area contributed by atoms with Gasteiger partial charge in [0.25, 0.3) is 0 Å². The van der Waals surface area contributed by atoms with E-state index in [9.17, 15) is 0 Å². The molecule has 166 valence electrons. The first-order valence-electron chi connectivity index (χ1n) is 13.4. The third kappa shape index (κ3) is 10.7. The molecule has 0 N–H and O–H groups in total. The summed E-state index contributed by atoms with van der Waals surface area (Å²) in [6.07, 6.45) is 29.3. The Morgan fingerprint density at radius 3 is 1.50 bits per heavy atom. The summed E-state index contributed by atoms with van der Waals surface area (Å²) in [5.74, 6) is 3.07. The van der Waals surface area contributed by atoms with Crippen LogP contribution in [0.25, 0.3) is 0 Å². The summed E-state index contributed by atoms with van der Waals surface area (Å²) in [4.78, 5) is 0. The van der Waals surface area contributed by atoms with Crippen LogP contribution in [0.1, 0.15) is 142 Å². The van der Waals surface area contributed by atoms with E-state index in [1.807, 2.05) is 0 Å². The fraction of sp³-hybridized carbons (Fsp3) is 1.00. The minimum absolute atomic E-state index is 0.589.